The molecule has 5 nitrogen and oxygen atoms in total. The van der Waals surface area contributed by atoms with Gasteiger partial charge in [-0.05, 0) is 50.5 Å². The Morgan fingerprint density at radius 3 is 2.63 bits per heavy atom. The van der Waals surface area contributed by atoms with Crippen LogP contribution in [0.4, 0.5) is 0 Å². The summed E-state index contributed by atoms with van der Waals surface area (Å²) < 4.78 is 10.9. The van der Waals surface area contributed by atoms with Crippen molar-refractivity contribution in [3.8, 4) is 17.6 Å². The van der Waals surface area contributed by atoms with Gasteiger partial charge in [-0.15, -0.1) is 11.8 Å². The third kappa shape index (κ3) is 4.79. The molecule has 3 rings (SSSR count). The van der Waals surface area contributed by atoms with Crippen molar-refractivity contribution in [2.75, 3.05) is 19.5 Å². The van der Waals surface area contributed by atoms with E-state index >= 15 is 0 Å². The highest BCUT2D eigenvalue weighted by molar-refractivity contribution is 7.98. The molecule has 0 N–H and O–H groups in total. The van der Waals surface area contributed by atoms with Crippen LogP contribution in [-0.2, 0) is 21.4 Å². The molecule has 0 saturated heterocycles. The zero-order valence-electron chi connectivity index (χ0n) is 18.1. The summed E-state index contributed by atoms with van der Waals surface area (Å²) in [7, 11) is 0. The van der Waals surface area contributed by atoms with Gasteiger partial charge in [0, 0.05) is 21.4 Å². The van der Waals surface area contributed by atoms with Crippen molar-refractivity contribution in [1.82, 2.24) is 9.97 Å². The Kier molecular flexibility index (Phi) is 7.38. The molecule has 0 fully saturated rings. The fourth-order valence-electron chi connectivity index (χ4n) is 3.84. The van der Waals surface area contributed by atoms with E-state index < -0.39 is 0 Å². The van der Waals surface area contributed by atoms with E-state index in [-0.39, 0.29) is 17.8 Å². The van der Waals surface area contributed by atoms with E-state index in [2.05, 4.69) is 47.8 Å². The van der Waals surface area contributed by atoms with Crippen molar-refractivity contribution in [3.63, 3.8) is 0 Å². The number of fused-ring (bicyclic) bond motifs is 1. The first-order valence-corrected chi connectivity index (χ1v) is 11.6. The number of thioether (sulfide) groups is 1. The summed E-state index contributed by atoms with van der Waals surface area (Å²) in [4.78, 5) is 21.3. The molecular weight excluding hydrogens is 396 g/mol. The zero-order chi connectivity index (χ0) is 21.6. The first kappa shape index (κ1) is 22.2. The zero-order valence-corrected chi connectivity index (χ0v) is 18.9. The highest BCUT2D eigenvalue weighted by Gasteiger charge is 2.35. The molecule has 0 spiro atoms. The fraction of sp³-hybridized carbons (Fsp3) is 0.458. The summed E-state index contributed by atoms with van der Waals surface area (Å²) in [5.74, 6) is 7.08. The maximum Gasteiger partial charge on any atom is 0.311 e. The number of rotatable bonds is 6. The number of esters is 1. The largest absolute Gasteiger partial charge is 0.493 e. The lowest BCUT2D eigenvalue weighted by molar-refractivity contribution is -0.142. The lowest BCUT2D eigenvalue weighted by atomic mass is 9.71. The summed E-state index contributed by atoms with van der Waals surface area (Å²) in [5.41, 5.74) is 3.54. The van der Waals surface area contributed by atoms with E-state index in [0.29, 0.717) is 18.0 Å². The van der Waals surface area contributed by atoms with Crippen LogP contribution < -0.4 is 4.74 Å². The van der Waals surface area contributed by atoms with Gasteiger partial charge in [0.1, 0.15) is 11.4 Å². The average molecular weight is 425 g/mol. The van der Waals surface area contributed by atoms with Crippen LogP contribution in [-0.4, -0.2) is 35.4 Å². The number of ether oxygens (including phenoxy) is 2. The number of carbonyl (C=O) groups excluding carboxylic acids is 1. The summed E-state index contributed by atoms with van der Waals surface area (Å²) in [6.45, 7) is 7.40. The first-order chi connectivity index (χ1) is 14.5. The van der Waals surface area contributed by atoms with Crippen molar-refractivity contribution < 1.29 is 14.3 Å². The monoisotopic (exact) mass is 424 g/mol. The molecule has 30 heavy (non-hydrogen) atoms. The van der Waals surface area contributed by atoms with Crippen LogP contribution in [0.25, 0.3) is 0 Å². The molecule has 0 radical (unpaired) electrons. The Labute approximate surface area is 183 Å². The molecule has 0 saturated carbocycles. The second-order valence-electron chi connectivity index (χ2n) is 7.26. The summed E-state index contributed by atoms with van der Waals surface area (Å²) in [5, 5.41) is 0. The van der Waals surface area contributed by atoms with Crippen LogP contribution in [0.3, 0.4) is 0 Å². The molecular formula is C24H28N2O3S. The van der Waals surface area contributed by atoms with Gasteiger partial charge in [-0.3, -0.25) is 9.78 Å². The van der Waals surface area contributed by atoms with Gasteiger partial charge < -0.3 is 9.47 Å². The minimum Gasteiger partial charge on any atom is -0.493 e. The number of hydrogen-bond donors (Lipinski definition) is 0. The number of aromatic nitrogens is 2. The van der Waals surface area contributed by atoms with E-state index in [4.69, 9.17) is 9.47 Å². The molecule has 1 aliphatic heterocycles. The predicted molar refractivity (Wildman–Crippen MR) is 119 cm³/mol. The normalized spacial score (nSPS) is 14.1. The molecule has 0 aliphatic carbocycles. The third-order valence-corrected chi connectivity index (χ3v) is 6.50. The number of carbonyl (C=O) groups is 1. The van der Waals surface area contributed by atoms with Gasteiger partial charge in [-0.1, -0.05) is 19.8 Å². The standard InChI is InChI=1S/C24H28N2O3S/c1-5-24(6-2)10-11-29-21-14-22(30-4)17(12-20(21)24)8-9-18-15-26-19(16-25-18)13-23(27)28-7-3/h12,14-16H,5-7,10-11,13H2,1-4H3. The molecule has 0 bridgehead atoms. The summed E-state index contributed by atoms with van der Waals surface area (Å²) in [6, 6.07) is 4.32. The smallest absolute Gasteiger partial charge is 0.311 e. The van der Waals surface area contributed by atoms with Crippen molar-refractivity contribution in [2.24, 2.45) is 0 Å². The second-order valence-corrected chi connectivity index (χ2v) is 8.11. The Bertz CT molecular complexity index is 957. The molecule has 1 aromatic heterocycles. The SMILES string of the molecule is CCOC(=O)Cc1cnc(C#Cc2cc3c(cc2SC)OCCC3(CC)CC)cn1. The number of hydrogen-bond acceptors (Lipinski definition) is 6. The maximum atomic E-state index is 11.6. The average Bonchev–Trinajstić information content (AvgIpc) is 2.77. The molecule has 2 heterocycles. The minimum absolute atomic E-state index is 0.117. The van der Waals surface area contributed by atoms with Crippen LogP contribution in [0.15, 0.2) is 29.4 Å². The van der Waals surface area contributed by atoms with Gasteiger partial charge in [0.25, 0.3) is 0 Å². The number of nitrogens with zero attached hydrogens (tertiary/aromatic N) is 2. The predicted octanol–water partition coefficient (Wildman–Crippen LogP) is 4.54. The van der Waals surface area contributed by atoms with Gasteiger partial charge >= 0.3 is 5.97 Å². The first-order valence-electron chi connectivity index (χ1n) is 10.4. The Morgan fingerprint density at radius 1 is 1.20 bits per heavy atom. The van der Waals surface area contributed by atoms with Crippen LogP contribution in [0.1, 0.15) is 62.5 Å². The quantitative estimate of drug-likeness (QED) is 0.385. The van der Waals surface area contributed by atoms with Crippen molar-refractivity contribution in [3.05, 3.63) is 47.0 Å². The highest BCUT2D eigenvalue weighted by atomic mass is 32.2. The van der Waals surface area contributed by atoms with Gasteiger partial charge in [-0.25, -0.2) is 4.98 Å². The molecule has 1 aliphatic rings. The maximum absolute atomic E-state index is 11.6. The van der Waals surface area contributed by atoms with E-state index in [1.165, 1.54) is 5.56 Å². The molecule has 0 amide bonds. The highest BCUT2D eigenvalue weighted by Crippen LogP contribution is 2.45. The van der Waals surface area contributed by atoms with Crippen LogP contribution in [0, 0.1) is 11.8 Å². The van der Waals surface area contributed by atoms with E-state index in [0.717, 1.165) is 42.1 Å². The van der Waals surface area contributed by atoms with Gasteiger partial charge in [0.05, 0.1) is 37.7 Å². The van der Waals surface area contributed by atoms with E-state index in [1.54, 1.807) is 31.1 Å². The van der Waals surface area contributed by atoms with Crippen molar-refractivity contribution in [2.45, 2.75) is 56.8 Å². The van der Waals surface area contributed by atoms with Crippen LogP contribution in [0.5, 0.6) is 5.75 Å². The Balaban J connectivity index is 1.89. The van der Waals surface area contributed by atoms with Crippen molar-refractivity contribution >= 4 is 17.7 Å². The molecule has 1 aromatic carbocycles. The topological polar surface area (TPSA) is 61.3 Å². The van der Waals surface area contributed by atoms with Crippen molar-refractivity contribution in [1.29, 1.82) is 0 Å². The molecule has 158 valence electrons. The lowest BCUT2D eigenvalue weighted by Crippen LogP contribution is -2.31. The summed E-state index contributed by atoms with van der Waals surface area (Å²) >= 11 is 1.66. The van der Waals surface area contributed by atoms with Gasteiger partial charge in [0.2, 0.25) is 0 Å². The summed E-state index contributed by atoms with van der Waals surface area (Å²) in [6.07, 6.45) is 8.54. The van der Waals surface area contributed by atoms with Gasteiger partial charge in [0.15, 0.2) is 0 Å². The molecule has 0 unspecified atom stereocenters. The van der Waals surface area contributed by atoms with Gasteiger partial charge in [-0.2, -0.15) is 0 Å². The lowest BCUT2D eigenvalue weighted by Gasteiger charge is -2.38. The van der Waals surface area contributed by atoms with E-state index in [1.807, 2.05) is 6.26 Å². The minimum atomic E-state index is -0.304. The number of benzene rings is 1. The molecule has 0 atom stereocenters. The molecule has 2 aromatic rings. The van der Waals surface area contributed by atoms with Crippen LogP contribution in [0.2, 0.25) is 0 Å². The Hall–Kier alpha value is -2.52. The fourth-order valence-corrected chi connectivity index (χ4v) is 4.39. The Morgan fingerprint density at radius 2 is 2.00 bits per heavy atom. The van der Waals surface area contributed by atoms with Crippen LogP contribution >= 0.6 is 11.8 Å². The third-order valence-electron chi connectivity index (χ3n) is 5.73. The second kappa shape index (κ2) is 9.99. The van der Waals surface area contributed by atoms with E-state index in [9.17, 15) is 4.79 Å². The molecule has 6 heteroatoms.